The Labute approximate surface area is 109 Å². The van der Waals surface area contributed by atoms with Crippen LogP contribution in [0.25, 0.3) is 0 Å². The quantitative estimate of drug-likeness (QED) is 0.604. The molecule has 2 rings (SSSR count). The van der Waals surface area contributed by atoms with E-state index < -0.39 is 0 Å². The Kier molecular flexibility index (Phi) is 4.73. The lowest BCUT2D eigenvalue weighted by atomic mass is 10.2. The van der Waals surface area contributed by atoms with Crippen LogP contribution in [0.3, 0.4) is 0 Å². The molecule has 2 nitrogen and oxygen atoms in total. The molecule has 18 heavy (non-hydrogen) atoms. The maximum Gasteiger partial charge on any atom is 0.303 e. The molecule has 0 saturated heterocycles. The number of carbonyl (C=O) groups excluding carboxylic acids is 1. The van der Waals surface area contributed by atoms with E-state index in [9.17, 15) is 4.79 Å². The monoisotopic (exact) mass is 254 g/mol. The van der Waals surface area contributed by atoms with Crippen LogP contribution in [-0.4, -0.2) is 15.5 Å². The molecule has 3 heteroatoms. The summed E-state index contributed by atoms with van der Waals surface area (Å²) >= 11 is 0. The molecule has 0 atom stereocenters. The average Bonchev–Trinajstić information content (AvgIpc) is 2.45. The molecule has 0 bridgehead atoms. The molecule has 0 spiro atoms. The SMILES string of the molecule is O=C(C[Si]c1ccccc1)OCc1ccccc1. The van der Waals surface area contributed by atoms with Gasteiger partial charge >= 0.3 is 5.97 Å². The lowest BCUT2D eigenvalue weighted by molar-refractivity contribution is -0.142. The molecule has 0 heterocycles. The standard InChI is InChI=1S/C15H14O2Si/c16-15(12-18-14-9-5-2-6-10-14)17-11-13-7-3-1-4-8-13/h1-10H,11-12H2. The van der Waals surface area contributed by atoms with Crippen LogP contribution in [0.15, 0.2) is 60.7 Å². The van der Waals surface area contributed by atoms with Gasteiger partial charge in [0, 0.05) is 6.04 Å². The second kappa shape index (κ2) is 6.76. The summed E-state index contributed by atoms with van der Waals surface area (Å²) in [4.78, 5) is 11.6. The van der Waals surface area contributed by atoms with E-state index in [1.165, 1.54) is 5.19 Å². The van der Waals surface area contributed by atoms with Gasteiger partial charge in [-0.05, 0) is 5.56 Å². The van der Waals surface area contributed by atoms with E-state index in [0.717, 1.165) is 5.56 Å². The Bertz CT molecular complexity index is 437. The summed E-state index contributed by atoms with van der Waals surface area (Å²) in [7, 11) is 0.478. The van der Waals surface area contributed by atoms with Crippen molar-refractivity contribution in [3.05, 3.63) is 66.2 Å². The zero-order valence-corrected chi connectivity index (χ0v) is 11.0. The van der Waals surface area contributed by atoms with Gasteiger partial charge in [0.25, 0.3) is 0 Å². The van der Waals surface area contributed by atoms with E-state index in [1.54, 1.807) is 0 Å². The van der Waals surface area contributed by atoms with Gasteiger partial charge in [-0.1, -0.05) is 65.9 Å². The van der Waals surface area contributed by atoms with Crippen molar-refractivity contribution in [1.29, 1.82) is 0 Å². The summed E-state index contributed by atoms with van der Waals surface area (Å²) in [5, 5.41) is 1.19. The molecule has 0 aliphatic carbocycles. The number of esters is 1. The van der Waals surface area contributed by atoms with Gasteiger partial charge in [-0.2, -0.15) is 0 Å². The maximum absolute atomic E-state index is 11.6. The van der Waals surface area contributed by atoms with Crippen molar-refractivity contribution in [2.75, 3.05) is 0 Å². The van der Waals surface area contributed by atoms with Crippen LogP contribution in [0.5, 0.6) is 0 Å². The lowest BCUT2D eigenvalue weighted by Crippen LogP contribution is -2.17. The van der Waals surface area contributed by atoms with Crippen LogP contribution in [0.4, 0.5) is 0 Å². The van der Waals surface area contributed by atoms with Crippen molar-refractivity contribution in [3.63, 3.8) is 0 Å². The van der Waals surface area contributed by atoms with Gasteiger partial charge in [-0.25, -0.2) is 0 Å². The third kappa shape index (κ3) is 4.18. The molecular formula is C15H14O2Si. The Morgan fingerprint density at radius 3 is 2.22 bits per heavy atom. The number of ether oxygens (including phenoxy) is 1. The highest BCUT2D eigenvalue weighted by Gasteiger charge is 2.04. The molecule has 0 fully saturated rings. The highest BCUT2D eigenvalue weighted by atomic mass is 28.2. The summed E-state index contributed by atoms with van der Waals surface area (Å²) in [5.41, 5.74) is 1.02. The van der Waals surface area contributed by atoms with Crippen LogP contribution in [0.2, 0.25) is 6.04 Å². The van der Waals surface area contributed by atoms with Gasteiger partial charge in [0.2, 0.25) is 0 Å². The van der Waals surface area contributed by atoms with Gasteiger partial charge in [0.15, 0.2) is 0 Å². The van der Waals surface area contributed by atoms with Crippen LogP contribution in [0.1, 0.15) is 5.56 Å². The molecule has 0 unspecified atom stereocenters. The second-order valence-corrected chi connectivity index (χ2v) is 5.15. The minimum absolute atomic E-state index is 0.138. The zero-order chi connectivity index (χ0) is 12.6. The normalized spacial score (nSPS) is 10.0. The summed E-state index contributed by atoms with van der Waals surface area (Å²) < 4.78 is 5.22. The third-order valence-corrected chi connectivity index (χ3v) is 3.66. The molecule has 2 aromatic rings. The summed E-state index contributed by atoms with van der Waals surface area (Å²) in [5.74, 6) is -0.138. The smallest absolute Gasteiger partial charge is 0.303 e. The molecule has 0 N–H and O–H groups in total. The minimum Gasteiger partial charge on any atom is -0.461 e. The third-order valence-electron chi connectivity index (χ3n) is 2.45. The highest BCUT2D eigenvalue weighted by Crippen LogP contribution is 2.01. The fourth-order valence-corrected chi connectivity index (χ4v) is 2.40. The molecule has 2 radical (unpaired) electrons. The van der Waals surface area contributed by atoms with Crippen molar-refractivity contribution in [2.45, 2.75) is 12.7 Å². The van der Waals surface area contributed by atoms with E-state index >= 15 is 0 Å². The molecular weight excluding hydrogens is 240 g/mol. The molecule has 90 valence electrons. The zero-order valence-electron chi connectivity index (χ0n) is 10.0. The fourth-order valence-electron chi connectivity index (χ4n) is 1.52. The summed E-state index contributed by atoms with van der Waals surface area (Å²) in [6.07, 6.45) is 0. The van der Waals surface area contributed by atoms with E-state index in [2.05, 4.69) is 0 Å². The van der Waals surface area contributed by atoms with Crippen molar-refractivity contribution >= 4 is 20.7 Å². The number of rotatable bonds is 5. The van der Waals surface area contributed by atoms with Gasteiger partial charge in [-0.3, -0.25) is 4.79 Å². The predicted octanol–water partition coefficient (Wildman–Crippen LogP) is 2.18. The van der Waals surface area contributed by atoms with E-state index in [1.807, 2.05) is 60.7 Å². The average molecular weight is 254 g/mol. The van der Waals surface area contributed by atoms with Crippen LogP contribution < -0.4 is 5.19 Å². The lowest BCUT2D eigenvalue weighted by Gasteiger charge is -2.04. The van der Waals surface area contributed by atoms with Crippen LogP contribution >= 0.6 is 0 Å². The molecule has 0 amide bonds. The number of hydrogen-bond donors (Lipinski definition) is 0. The molecule has 0 aromatic heterocycles. The van der Waals surface area contributed by atoms with Crippen LogP contribution in [0, 0.1) is 0 Å². The molecule has 0 aliphatic heterocycles. The Hall–Kier alpha value is -1.87. The Morgan fingerprint density at radius 2 is 1.56 bits per heavy atom. The Morgan fingerprint density at radius 1 is 0.944 bits per heavy atom. The fraction of sp³-hybridized carbons (Fsp3) is 0.133. The van der Waals surface area contributed by atoms with Crippen LogP contribution in [-0.2, 0) is 16.1 Å². The van der Waals surface area contributed by atoms with E-state index in [4.69, 9.17) is 4.74 Å². The van der Waals surface area contributed by atoms with Crippen molar-refractivity contribution in [2.24, 2.45) is 0 Å². The number of benzene rings is 2. The van der Waals surface area contributed by atoms with E-state index in [-0.39, 0.29) is 5.97 Å². The van der Waals surface area contributed by atoms with Gasteiger partial charge in [0.1, 0.15) is 6.61 Å². The molecule has 0 saturated carbocycles. The van der Waals surface area contributed by atoms with Crippen molar-refractivity contribution in [3.8, 4) is 0 Å². The first-order valence-corrected chi connectivity index (χ1v) is 7.04. The highest BCUT2D eigenvalue weighted by molar-refractivity contribution is 6.56. The topological polar surface area (TPSA) is 26.3 Å². The Balaban J connectivity index is 1.73. The minimum atomic E-state index is -0.138. The molecule has 2 aromatic carbocycles. The first-order valence-electron chi connectivity index (χ1n) is 5.83. The summed E-state index contributed by atoms with van der Waals surface area (Å²) in [6.45, 7) is 0.360. The largest absolute Gasteiger partial charge is 0.461 e. The summed E-state index contributed by atoms with van der Waals surface area (Å²) in [6, 6.07) is 20.2. The predicted molar refractivity (Wildman–Crippen MR) is 72.9 cm³/mol. The molecule has 0 aliphatic rings. The second-order valence-electron chi connectivity index (χ2n) is 3.87. The number of hydrogen-bond acceptors (Lipinski definition) is 2. The first-order chi connectivity index (χ1) is 8.84. The van der Waals surface area contributed by atoms with Gasteiger partial charge < -0.3 is 4.74 Å². The van der Waals surface area contributed by atoms with Gasteiger partial charge in [-0.15, -0.1) is 0 Å². The maximum atomic E-state index is 11.6. The first kappa shape index (κ1) is 12.6. The van der Waals surface area contributed by atoms with Crippen molar-refractivity contribution < 1.29 is 9.53 Å². The van der Waals surface area contributed by atoms with E-state index in [0.29, 0.717) is 22.2 Å². The number of carbonyl (C=O) groups is 1. The van der Waals surface area contributed by atoms with Crippen molar-refractivity contribution in [1.82, 2.24) is 0 Å². The van der Waals surface area contributed by atoms with Gasteiger partial charge in [0.05, 0.1) is 9.52 Å².